The summed E-state index contributed by atoms with van der Waals surface area (Å²) >= 11 is 0. The van der Waals surface area contributed by atoms with Crippen LogP contribution in [0.15, 0.2) is 12.4 Å². The molecule has 15 heavy (non-hydrogen) atoms. The van der Waals surface area contributed by atoms with Crippen LogP contribution >= 0.6 is 0 Å². The molecule has 4 heteroatoms. The monoisotopic (exact) mass is 207 g/mol. The van der Waals surface area contributed by atoms with Crippen LogP contribution in [0.25, 0.3) is 0 Å². The van der Waals surface area contributed by atoms with Gasteiger partial charge in [-0.3, -0.25) is 4.79 Å². The third-order valence-corrected chi connectivity index (χ3v) is 3.09. The van der Waals surface area contributed by atoms with Gasteiger partial charge in [0.25, 0.3) is 5.91 Å². The first-order valence-corrected chi connectivity index (χ1v) is 5.31. The van der Waals surface area contributed by atoms with Crippen LogP contribution in [0.2, 0.25) is 0 Å². The predicted molar refractivity (Wildman–Crippen MR) is 58.9 cm³/mol. The minimum Gasteiger partial charge on any atom is -0.367 e. The highest BCUT2D eigenvalue weighted by molar-refractivity contribution is 5.95. The van der Waals surface area contributed by atoms with Crippen molar-refractivity contribution in [2.45, 2.75) is 19.4 Å². The van der Waals surface area contributed by atoms with Crippen molar-refractivity contribution in [1.29, 1.82) is 0 Å². The number of rotatable bonds is 2. The maximum Gasteiger partial charge on any atom is 0.255 e. The number of nitrogens with one attached hydrogen (secondary N) is 2. The highest BCUT2D eigenvalue weighted by atomic mass is 16.2. The molecule has 1 amide bonds. The lowest BCUT2D eigenvalue weighted by Crippen LogP contribution is -2.38. The summed E-state index contributed by atoms with van der Waals surface area (Å²) in [5.74, 6) is 0.113. The Kier molecular flexibility index (Phi) is 2.77. The SMILES string of the molecule is Cc1c[nH]cc1C(=O)N(C)C1CCNC1. The molecule has 2 N–H and O–H groups in total. The quantitative estimate of drug-likeness (QED) is 0.752. The first-order valence-electron chi connectivity index (χ1n) is 5.31. The summed E-state index contributed by atoms with van der Waals surface area (Å²) in [6.45, 7) is 3.87. The van der Waals surface area contributed by atoms with Crippen molar-refractivity contribution in [3.8, 4) is 0 Å². The van der Waals surface area contributed by atoms with Crippen molar-refractivity contribution in [1.82, 2.24) is 15.2 Å². The molecule has 0 saturated carbocycles. The average Bonchev–Trinajstić information content (AvgIpc) is 2.85. The Hall–Kier alpha value is -1.29. The summed E-state index contributed by atoms with van der Waals surface area (Å²) < 4.78 is 0. The second-order valence-corrected chi connectivity index (χ2v) is 4.11. The van der Waals surface area contributed by atoms with Crippen LogP contribution in [0.3, 0.4) is 0 Å². The second kappa shape index (κ2) is 4.06. The molecule has 4 nitrogen and oxygen atoms in total. The van der Waals surface area contributed by atoms with Gasteiger partial charge in [-0.05, 0) is 25.5 Å². The molecule has 1 aliphatic rings. The van der Waals surface area contributed by atoms with Crippen molar-refractivity contribution in [3.05, 3.63) is 23.5 Å². The highest BCUT2D eigenvalue weighted by Gasteiger charge is 2.24. The highest BCUT2D eigenvalue weighted by Crippen LogP contribution is 2.13. The molecule has 1 saturated heterocycles. The van der Waals surface area contributed by atoms with Gasteiger partial charge in [0, 0.05) is 32.0 Å². The topological polar surface area (TPSA) is 48.1 Å². The van der Waals surface area contributed by atoms with Crippen molar-refractivity contribution in [3.63, 3.8) is 0 Å². The number of likely N-dealkylation sites (N-methyl/N-ethyl adjacent to an activating group) is 1. The molecular weight excluding hydrogens is 190 g/mol. The van der Waals surface area contributed by atoms with E-state index in [1.165, 1.54) is 0 Å². The van der Waals surface area contributed by atoms with Gasteiger partial charge >= 0.3 is 0 Å². The Morgan fingerprint density at radius 3 is 2.87 bits per heavy atom. The molecule has 0 bridgehead atoms. The summed E-state index contributed by atoms with van der Waals surface area (Å²) in [5, 5.41) is 3.27. The van der Waals surface area contributed by atoms with Crippen molar-refractivity contribution in [2.24, 2.45) is 0 Å². The number of aromatic nitrogens is 1. The predicted octanol–water partition coefficient (Wildman–Crippen LogP) is 0.757. The number of carbonyl (C=O) groups is 1. The standard InChI is InChI=1S/C11H17N3O/c1-8-5-13-7-10(8)11(15)14(2)9-3-4-12-6-9/h5,7,9,12-13H,3-4,6H2,1-2H3. The minimum absolute atomic E-state index is 0.113. The molecule has 2 heterocycles. The van der Waals surface area contributed by atoms with Crippen LogP contribution in [0.5, 0.6) is 0 Å². The lowest BCUT2D eigenvalue weighted by Gasteiger charge is -2.23. The fourth-order valence-corrected chi connectivity index (χ4v) is 2.00. The Morgan fingerprint density at radius 2 is 2.33 bits per heavy atom. The smallest absolute Gasteiger partial charge is 0.255 e. The van der Waals surface area contributed by atoms with Crippen LogP contribution in [0, 0.1) is 6.92 Å². The number of aryl methyl sites for hydroxylation is 1. The van der Waals surface area contributed by atoms with Crippen molar-refractivity contribution in [2.75, 3.05) is 20.1 Å². The van der Waals surface area contributed by atoms with Gasteiger partial charge in [-0.25, -0.2) is 0 Å². The number of amides is 1. The van der Waals surface area contributed by atoms with Crippen LogP contribution in [-0.4, -0.2) is 42.0 Å². The number of aromatic amines is 1. The zero-order valence-electron chi connectivity index (χ0n) is 9.21. The third kappa shape index (κ3) is 1.90. The number of H-pyrrole nitrogens is 1. The molecule has 2 rings (SSSR count). The molecule has 1 atom stereocenters. The van der Waals surface area contributed by atoms with E-state index in [0.29, 0.717) is 6.04 Å². The first kappa shape index (κ1) is 10.2. The molecule has 1 aliphatic heterocycles. The summed E-state index contributed by atoms with van der Waals surface area (Å²) in [6, 6.07) is 0.340. The molecule has 82 valence electrons. The third-order valence-electron chi connectivity index (χ3n) is 3.09. The van der Waals surface area contributed by atoms with E-state index in [-0.39, 0.29) is 5.91 Å². The van der Waals surface area contributed by atoms with E-state index in [1.54, 1.807) is 6.20 Å². The van der Waals surface area contributed by atoms with Gasteiger partial charge < -0.3 is 15.2 Å². The lowest BCUT2D eigenvalue weighted by atomic mass is 10.1. The van der Waals surface area contributed by atoms with Gasteiger partial charge in [0.05, 0.1) is 5.56 Å². The zero-order chi connectivity index (χ0) is 10.8. The number of hydrogen-bond acceptors (Lipinski definition) is 2. The van der Waals surface area contributed by atoms with Crippen molar-refractivity contribution >= 4 is 5.91 Å². The number of nitrogens with zero attached hydrogens (tertiary/aromatic N) is 1. The molecule has 1 unspecified atom stereocenters. The Bertz CT molecular complexity index is 352. The fraction of sp³-hybridized carbons (Fsp3) is 0.545. The molecular formula is C11H17N3O. The number of hydrogen-bond donors (Lipinski definition) is 2. The summed E-state index contributed by atoms with van der Waals surface area (Å²) in [7, 11) is 1.88. The second-order valence-electron chi connectivity index (χ2n) is 4.11. The largest absolute Gasteiger partial charge is 0.367 e. The van der Waals surface area contributed by atoms with Crippen LogP contribution in [0.4, 0.5) is 0 Å². The van der Waals surface area contributed by atoms with Crippen LogP contribution in [0.1, 0.15) is 22.3 Å². The van der Waals surface area contributed by atoms with E-state index in [1.807, 2.05) is 25.1 Å². The molecule has 1 aromatic heterocycles. The normalized spacial score (nSPS) is 20.5. The number of carbonyl (C=O) groups excluding carboxylic acids is 1. The molecule has 1 aromatic rings. The maximum absolute atomic E-state index is 12.1. The van der Waals surface area contributed by atoms with E-state index < -0.39 is 0 Å². The van der Waals surface area contributed by atoms with Crippen molar-refractivity contribution < 1.29 is 4.79 Å². The lowest BCUT2D eigenvalue weighted by molar-refractivity contribution is 0.0743. The fourth-order valence-electron chi connectivity index (χ4n) is 2.00. The molecule has 0 aromatic carbocycles. The maximum atomic E-state index is 12.1. The first-order chi connectivity index (χ1) is 7.20. The summed E-state index contributed by atoms with van der Waals surface area (Å²) in [4.78, 5) is 16.9. The minimum atomic E-state index is 0.113. The Morgan fingerprint density at radius 1 is 1.53 bits per heavy atom. The summed E-state index contributed by atoms with van der Waals surface area (Å²) in [5.41, 5.74) is 1.79. The molecule has 1 fully saturated rings. The van der Waals surface area contributed by atoms with Crippen LogP contribution in [-0.2, 0) is 0 Å². The Labute approximate surface area is 89.7 Å². The van der Waals surface area contributed by atoms with Gasteiger partial charge in [0.2, 0.25) is 0 Å². The average molecular weight is 207 g/mol. The van der Waals surface area contributed by atoms with Gasteiger partial charge in [0.1, 0.15) is 0 Å². The van der Waals surface area contributed by atoms with E-state index in [9.17, 15) is 4.79 Å². The van der Waals surface area contributed by atoms with Gasteiger partial charge in [0.15, 0.2) is 0 Å². The molecule has 0 spiro atoms. The zero-order valence-corrected chi connectivity index (χ0v) is 9.21. The van der Waals surface area contributed by atoms with Gasteiger partial charge in [-0.2, -0.15) is 0 Å². The van der Waals surface area contributed by atoms with Crippen LogP contribution < -0.4 is 5.32 Å². The molecule has 0 aliphatic carbocycles. The van der Waals surface area contributed by atoms with Gasteiger partial charge in [-0.15, -0.1) is 0 Å². The Balaban J connectivity index is 2.10. The van der Waals surface area contributed by atoms with E-state index >= 15 is 0 Å². The molecule has 0 radical (unpaired) electrons. The van der Waals surface area contributed by atoms with E-state index in [2.05, 4.69) is 10.3 Å². The summed E-state index contributed by atoms with van der Waals surface area (Å²) in [6.07, 6.45) is 4.68. The van der Waals surface area contributed by atoms with E-state index in [4.69, 9.17) is 0 Å². The van der Waals surface area contributed by atoms with Gasteiger partial charge in [-0.1, -0.05) is 0 Å². The van der Waals surface area contributed by atoms with E-state index in [0.717, 1.165) is 30.6 Å².